The average Bonchev–Trinajstić information content (AvgIpc) is 2.76. The fourth-order valence-corrected chi connectivity index (χ4v) is 3.44. The number of halogens is 1. The maximum absolute atomic E-state index is 12.5. The number of nitrogens with two attached hydrogens (primary N) is 1. The predicted molar refractivity (Wildman–Crippen MR) is 117 cm³/mol. The second-order valence-electron chi connectivity index (χ2n) is 6.18. The Balaban J connectivity index is 2.19. The quantitative estimate of drug-likeness (QED) is 0.419. The number of carbonyl (C=O) groups is 1. The summed E-state index contributed by atoms with van der Waals surface area (Å²) < 4.78 is 11.5. The van der Waals surface area contributed by atoms with Gasteiger partial charge in [0.1, 0.15) is 29.1 Å². The van der Waals surface area contributed by atoms with E-state index in [1.165, 1.54) is 12.1 Å². The molecule has 3 aromatic rings. The van der Waals surface area contributed by atoms with Crippen LogP contribution in [0.1, 0.15) is 28.4 Å². The van der Waals surface area contributed by atoms with Crippen LogP contribution in [0.4, 0.5) is 5.82 Å². The molecule has 0 radical (unpaired) electrons. The monoisotopic (exact) mass is 478 g/mol. The minimum Gasteiger partial charge on any atom is -0.490 e. The summed E-state index contributed by atoms with van der Waals surface area (Å²) in [5, 5.41) is 19.1. The summed E-state index contributed by atoms with van der Waals surface area (Å²) in [6.45, 7) is 2.00. The molecule has 3 N–H and O–H groups in total. The number of aromatic nitrogens is 1. The molecular formula is C22H15BrN4O4. The molecule has 0 aliphatic rings. The van der Waals surface area contributed by atoms with E-state index in [4.69, 9.17) is 15.2 Å². The van der Waals surface area contributed by atoms with Gasteiger partial charge in [0.25, 0.3) is 5.56 Å². The number of esters is 1. The Morgan fingerprint density at radius 2 is 1.81 bits per heavy atom. The van der Waals surface area contributed by atoms with Gasteiger partial charge < -0.3 is 20.2 Å². The van der Waals surface area contributed by atoms with Gasteiger partial charge in [-0.2, -0.15) is 10.5 Å². The molecule has 0 atom stereocenters. The van der Waals surface area contributed by atoms with Crippen molar-refractivity contribution in [2.45, 2.75) is 6.92 Å². The summed E-state index contributed by atoms with van der Waals surface area (Å²) in [7, 11) is 0. The van der Waals surface area contributed by atoms with Gasteiger partial charge in [-0.25, -0.2) is 4.79 Å². The molecule has 8 nitrogen and oxygen atoms in total. The first-order valence-corrected chi connectivity index (χ1v) is 9.80. The third-order valence-corrected chi connectivity index (χ3v) is 4.94. The molecule has 31 heavy (non-hydrogen) atoms. The molecule has 9 heteroatoms. The number of aromatic amines is 1. The van der Waals surface area contributed by atoms with Gasteiger partial charge in [0.15, 0.2) is 11.5 Å². The molecule has 1 heterocycles. The summed E-state index contributed by atoms with van der Waals surface area (Å²) >= 11 is 3.37. The molecule has 2 aromatic carbocycles. The number of ether oxygens (including phenoxy) is 2. The third-order valence-electron chi connectivity index (χ3n) is 4.28. The summed E-state index contributed by atoms with van der Waals surface area (Å²) in [4.78, 5) is 27.0. The Morgan fingerprint density at radius 3 is 2.42 bits per heavy atom. The second kappa shape index (κ2) is 9.16. The van der Waals surface area contributed by atoms with Crippen molar-refractivity contribution in [1.29, 1.82) is 10.5 Å². The van der Waals surface area contributed by atoms with Crippen LogP contribution >= 0.6 is 15.9 Å². The van der Waals surface area contributed by atoms with E-state index in [1.807, 2.05) is 12.1 Å². The normalized spacial score (nSPS) is 10.1. The van der Waals surface area contributed by atoms with E-state index in [9.17, 15) is 20.1 Å². The van der Waals surface area contributed by atoms with Crippen molar-refractivity contribution in [3.05, 3.63) is 74.0 Å². The minimum atomic E-state index is -0.724. The largest absolute Gasteiger partial charge is 0.490 e. The maximum atomic E-state index is 12.5. The maximum Gasteiger partial charge on any atom is 0.343 e. The molecule has 3 rings (SSSR count). The first kappa shape index (κ1) is 21.6. The van der Waals surface area contributed by atoms with Crippen LogP contribution in [0.2, 0.25) is 0 Å². The average molecular weight is 479 g/mol. The van der Waals surface area contributed by atoms with Crippen molar-refractivity contribution < 1.29 is 14.3 Å². The fourth-order valence-electron chi connectivity index (χ4n) is 2.92. The highest BCUT2D eigenvalue weighted by molar-refractivity contribution is 9.10. The number of nitrogens with zero attached hydrogens (tertiary/aromatic N) is 2. The van der Waals surface area contributed by atoms with Crippen LogP contribution in [0.3, 0.4) is 0 Å². The molecule has 0 unspecified atom stereocenters. The Morgan fingerprint density at radius 1 is 1.13 bits per heavy atom. The molecule has 0 bridgehead atoms. The van der Waals surface area contributed by atoms with E-state index in [1.54, 1.807) is 37.3 Å². The van der Waals surface area contributed by atoms with Crippen LogP contribution in [-0.2, 0) is 0 Å². The highest BCUT2D eigenvalue weighted by Gasteiger charge is 2.23. The number of hydrogen-bond donors (Lipinski definition) is 2. The van der Waals surface area contributed by atoms with E-state index in [0.29, 0.717) is 15.6 Å². The van der Waals surface area contributed by atoms with Crippen LogP contribution in [0.25, 0.3) is 11.1 Å². The fraction of sp³-hybridized carbons (Fsp3) is 0.0909. The molecule has 0 spiro atoms. The first-order chi connectivity index (χ1) is 14.9. The van der Waals surface area contributed by atoms with Crippen LogP contribution < -0.4 is 20.8 Å². The predicted octanol–water partition coefficient (Wildman–Crippen LogP) is 3.75. The highest BCUT2D eigenvalue weighted by Crippen LogP contribution is 2.41. The summed E-state index contributed by atoms with van der Waals surface area (Å²) in [5.41, 5.74) is 5.46. The van der Waals surface area contributed by atoms with Crippen molar-refractivity contribution in [2.24, 2.45) is 0 Å². The number of hydrogen-bond acceptors (Lipinski definition) is 7. The molecule has 0 aliphatic heterocycles. The molecule has 0 aliphatic carbocycles. The number of pyridine rings is 1. The number of anilines is 1. The molecule has 1 aromatic heterocycles. The van der Waals surface area contributed by atoms with Gasteiger partial charge in [-0.3, -0.25) is 4.79 Å². The summed E-state index contributed by atoms with van der Waals surface area (Å²) in [6, 6.07) is 15.1. The minimum absolute atomic E-state index is 0.0556. The number of nitrogen functional groups attached to an aromatic ring is 1. The van der Waals surface area contributed by atoms with Crippen LogP contribution in [0, 0.1) is 22.7 Å². The lowest BCUT2D eigenvalue weighted by atomic mass is 9.96. The van der Waals surface area contributed by atoms with Gasteiger partial charge in [0.2, 0.25) is 0 Å². The molecule has 0 amide bonds. The Hall–Kier alpha value is -4.08. The van der Waals surface area contributed by atoms with Crippen molar-refractivity contribution in [3.63, 3.8) is 0 Å². The zero-order valence-corrected chi connectivity index (χ0v) is 17.8. The van der Waals surface area contributed by atoms with E-state index in [0.717, 1.165) is 0 Å². The van der Waals surface area contributed by atoms with Crippen molar-refractivity contribution >= 4 is 27.7 Å². The molecule has 0 saturated heterocycles. The molecule has 154 valence electrons. The molecular weight excluding hydrogens is 464 g/mol. The Bertz CT molecular complexity index is 1300. The third kappa shape index (κ3) is 4.27. The lowest BCUT2D eigenvalue weighted by Crippen LogP contribution is -2.16. The number of nitrogens with one attached hydrogen (secondary N) is 1. The number of carbonyl (C=O) groups excluding carboxylic acids is 1. The van der Waals surface area contributed by atoms with Gasteiger partial charge >= 0.3 is 5.97 Å². The SMILES string of the molecule is CCOc1cc(-c2c(C#N)c(N)[nH]c(=O)c2C#N)c(Br)cc1OC(=O)c1ccccc1. The van der Waals surface area contributed by atoms with Gasteiger partial charge in [-0.15, -0.1) is 0 Å². The molecule has 0 fully saturated rings. The van der Waals surface area contributed by atoms with E-state index in [2.05, 4.69) is 20.9 Å². The van der Waals surface area contributed by atoms with Gasteiger partial charge in [-0.1, -0.05) is 34.1 Å². The number of rotatable bonds is 5. The van der Waals surface area contributed by atoms with Gasteiger partial charge in [0.05, 0.1) is 12.2 Å². The molecule has 0 saturated carbocycles. The highest BCUT2D eigenvalue weighted by atomic mass is 79.9. The second-order valence-corrected chi connectivity index (χ2v) is 7.04. The van der Waals surface area contributed by atoms with Crippen LogP contribution in [-0.4, -0.2) is 17.6 Å². The smallest absolute Gasteiger partial charge is 0.343 e. The van der Waals surface area contributed by atoms with Crippen LogP contribution in [0.5, 0.6) is 11.5 Å². The van der Waals surface area contributed by atoms with E-state index < -0.39 is 11.5 Å². The number of benzene rings is 2. The number of nitriles is 2. The number of H-pyrrole nitrogens is 1. The Kier molecular flexibility index (Phi) is 6.39. The van der Waals surface area contributed by atoms with Crippen molar-refractivity contribution in [2.75, 3.05) is 12.3 Å². The van der Waals surface area contributed by atoms with Gasteiger partial charge in [-0.05, 0) is 31.2 Å². The van der Waals surface area contributed by atoms with Crippen molar-refractivity contribution in [1.82, 2.24) is 4.98 Å². The summed E-state index contributed by atoms with van der Waals surface area (Å²) in [6.07, 6.45) is 0. The van der Waals surface area contributed by atoms with Gasteiger partial charge in [0, 0.05) is 15.6 Å². The van der Waals surface area contributed by atoms with E-state index >= 15 is 0 Å². The topological polar surface area (TPSA) is 142 Å². The Labute approximate surface area is 185 Å². The van der Waals surface area contributed by atoms with E-state index in [-0.39, 0.29) is 40.6 Å². The lowest BCUT2D eigenvalue weighted by Gasteiger charge is -2.16. The van der Waals surface area contributed by atoms with Crippen molar-refractivity contribution in [3.8, 4) is 34.8 Å². The zero-order valence-electron chi connectivity index (χ0n) is 16.2. The summed E-state index contributed by atoms with van der Waals surface area (Å²) in [5.74, 6) is -0.430. The zero-order chi connectivity index (χ0) is 22.5. The lowest BCUT2D eigenvalue weighted by molar-refractivity contribution is 0.0728. The van der Waals surface area contributed by atoms with Crippen LogP contribution in [0.15, 0.2) is 51.7 Å². The standard InChI is InChI=1S/C22H15BrN4O4/c1-2-30-17-8-13(19-14(10-24)20(26)27-21(28)15(19)11-25)16(23)9-18(17)31-22(29)12-6-4-3-5-7-12/h3-9H,2H2,1H3,(H3,26,27,28). The first-order valence-electron chi connectivity index (χ1n) is 9.01.